The molecular weight excluding hydrogens is 462 g/mol. The smallest absolute Gasteiger partial charge is 0.401 e. The zero-order chi connectivity index (χ0) is 24.8. The fourth-order valence-corrected chi connectivity index (χ4v) is 5.91. The summed E-state index contributed by atoms with van der Waals surface area (Å²) in [6, 6.07) is 3.41. The number of allylic oxidation sites excluding steroid dienone is 2. The van der Waals surface area contributed by atoms with Crippen LogP contribution >= 0.6 is 0 Å². The summed E-state index contributed by atoms with van der Waals surface area (Å²) in [6.45, 7) is 5.32. The predicted octanol–water partition coefficient (Wildman–Crippen LogP) is 4.75. The molecule has 1 N–H and O–H groups in total. The van der Waals surface area contributed by atoms with Crippen LogP contribution < -0.4 is 14.8 Å². The van der Waals surface area contributed by atoms with E-state index in [2.05, 4.69) is 22.4 Å². The van der Waals surface area contributed by atoms with Crippen LogP contribution in [0.15, 0.2) is 36.1 Å². The fraction of sp³-hybridized carbons (Fsp3) is 0.615. The van der Waals surface area contributed by atoms with Gasteiger partial charge in [0.2, 0.25) is 6.79 Å². The molecular formula is C26H33F4N3O2. The molecule has 1 aromatic rings. The lowest BCUT2D eigenvalue weighted by Crippen LogP contribution is -2.57. The molecule has 0 bridgehead atoms. The van der Waals surface area contributed by atoms with E-state index in [4.69, 9.17) is 9.47 Å². The molecule has 0 saturated carbocycles. The normalized spacial score (nSPS) is 29.0. The molecule has 192 valence electrons. The molecule has 1 fully saturated rings. The standard InChI is InChI=1S/C26H33F4N3O2/c1-17-10-18-11-22-23(35-16-34-22)12-21(18)24(33(17)15-26(28,29)30)25(2)6-4-19(5-7-25)31-20-13-32(14-20)9-3-8-27/h4-6,11-12,17,20,24,31H,3,7-10,13-16H2,1-2H3/t17-,24+,25?/m1/s1. The Labute approximate surface area is 203 Å². The van der Waals surface area contributed by atoms with Crippen molar-refractivity contribution in [3.63, 3.8) is 0 Å². The molecule has 1 saturated heterocycles. The fourth-order valence-electron chi connectivity index (χ4n) is 5.91. The molecule has 1 aromatic carbocycles. The number of likely N-dealkylation sites (tertiary alicyclic amines) is 1. The average Bonchev–Trinajstić information content (AvgIpc) is 3.22. The van der Waals surface area contributed by atoms with Gasteiger partial charge in [-0.3, -0.25) is 14.2 Å². The van der Waals surface area contributed by atoms with Gasteiger partial charge in [-0.05, 0) is 55.5 Å². The van der Waals surface area contributed by atoms with Gasteiger partial charge in [0.1, 0.15) is 0 Å². The lowest BCUT2D eigenvalue weighted by atomic mass is 9.69. The van der Waals surface area contributed by atoms with Crippen LogP contribution in [0.25, 0.3) is 0 Å². The van der Waals surface area contributed by atoms with Gasteiger partial charge in [-0.25, -0.2) is 0 Å². The molecule has 0 amide bonds. The second-order valence-electron chi connectivity index (χ2n) is 10.5. The zero-order valence-corrected chi connectivity index (χ0v) is 20.2. The Bertz CT molecular complexity index is 1010. The van der Waals surface area contributed by atoms with Crippen LogP contribution in [0, 0.1) is 5.41 Å². The summed E-state index contributed by atoms with van der Waals surface area (Å²) in [7, 11) is 0. The Kier molecular flexibility index (Phi) is 6.50. The molecule has 4 aliphatic rings. The SMILES string of the molecule is C[C@@H]1Cc2cc3c(cc2[C@@H](C2(C)C=CC(NC4CN(CCCF)C4)=CC2)N1CC(F)(F)F)OCO3. The number of hydrogen-bond acceptors (Lipinski definition) is 5. The number of fused-ring (bicyclic) bond motifs is 2. The molecule has 3 aliphatic heterocycles. The Morgan fingerprint density at radius 2 is 1.91 bits per heavy atom. The van der Waals surface area contributed by atoms with E-state index in [0.29, 0.717) is 36.8 Å². The summed E-state index contributed by atoms with van der Waals surface area (Å²) in [5, 5.41) is 3.52. The number of hydrogen-bond donors (Lipinski definition) is 1. The maximum absolute atomic E-state index is 13.7. The summed E-state index contributed by atoms with van der Waals surface area (Å²) < 4.78 is 64.5. The average molecular weight is 496 g/mol. The summed E-state index contributed by atoms with van der Waals surface area (Å²) in [5.41, 5.74) is 2.38. The van der Waals surface area contributed by atoms with Gasteiger partial charge in [-0.15, -0.1) is 0 Å². The van der Waals surface area contributed by atoms with Crippen LogP contribution in [0.5, 0.6) is 11.5 Å². The van der Waals surface area contributed by atoms with Crippen molar-refractivity contribution in [1.29, 1.82) is 0 Å². The Morgan fingerprint density at radius 1 is 1.17 bits per heavy atom. The van der Waals surface area contributed by atoms with Crippen molar-refractivity contribution in [1.82, 2.24) is 15.1 Å². The summed E-state index contributed by atoms with van der Waals surface area (Å²) >= 11 is 0. The van der Waals surface area contributed by atoms with E-state index in [0.717, 1.165) is 36.5 Å². The third-order valence-electron chi connectivity index (χ3n) is 7.67. The van der Waals surface area contributed by atoms with E-state index in [1.807, 2.05) is 32.1 Å². The van der Waals surface area contributed by atoms with Crippen molar-refractivity contribution in [2.24, 2.45) is 5.41 Å². The highest BCUT2D eigenvalue weighted by molar-refractivity contribution is 5.52. The summed E-state index contributed by atoms with van der Waals surface area (Å²) in [4.78, 5) is 3.82. The second-order valence-corrected chi connectivity index (χ2v) is 10.5. The Hall–Kier alpha value is -2.26. The number of ether oxygens (including phenoxy) is 2. The van der Waals surface area contributed by atoms with Gasteiger partial charge in [0.15, 0.2) is 11.5 Å². The first-order valence-corrected chi connectivity index (χ1v) is 12.3. The number of halogens is 4. The van der Waals surface area contributed by atoms with Gasteiger partial charge >= 0.3 is 6.18 Å². The van der Waals surface area contributed by atoms with E-state index < -0.39 is 24.2 Å². The molecule has 5 nitrogen and oxygen atoms in total. The van der Waals surface area contributed by atoms with Gasteiger partial charge in [-0.1, -0.05) is 19.1 Å². The van der Waals surface area contributed by atoms with Crippen LogP contribution in [-0.4, -0.2) is 67.7 Å². The lowest BCUT2D eigenvalue weighted by Gasteiger charge is -2.50. The van der Waals surface area contributed by atoms with Gasteiger partial charge in [0.05, 0.1) is 19.3 Å². The largest absolute Gasteiger partial charge is 0.454 e. The van der Waals surface area contributed by atoms with Crippen LogP contribution in [0.3, 0.4) is 0 Å². The van der Waals surface area contributed by atoms with Crippen LogP contribution in [0.4, 0.5) is 17.6 Å². The van der Waals surface area contributed by atoms with Crippen LogP contribution in [0.2, 0.25) is 0 Å². The first kappa shape index (κ1) is 24.4. The highest BCUT2D eigenvalue weighted by atomic mass is 19.4. The monoisotopic (exact) mass is 495 g/mol. The maximum Gasteiger partial charge on any atom is 0.401 e. The molecule has 1 unspecified atom stereocenters. The molecule has 0 spiro atoms. The van der Waals surface area contributed by atoms with Crippen molar-refractivity contribution in [3.8, 4) is 11.5 Å². The molecule has 9 heteroatoms. The van der Waals surface area contributed by atoms with E-state index in [1.54, 1.807) is 4.90 Å². The third-order valence-corrected chi connectivity index (χ3v) is 7.67. The van der Waals surface area contributed by atoms with Crippen molar-refractivity contribution in [2.75, 3.05) is 39.6 Å². The van der Waals surface area contributed by atoms with Gasteiger partial charge < -0.3 is 14.8 Å². The molecule has 5 rings (SSSR count). The zero-order valence-electron chi connectivity index (χ0n) is 20.2. The Morgan fingerprint density at radius 3 is 2.57 bits per heavy atom. The van der Waals surface area contributed by atoms with Crippen molar-refractivity contribution in [3.05, 3.63) is 47.2 Å². The molecule has 1 aliphatic carbocycles. The molecule has 0 aromatic heterocycles. The van der Waals surface area contributed by atoms with Crippen LogP contribution in [-0.2, 0) is 6.42 Å². The number of nitrogens with one attached hydrogen (secondary N) is 1. The maximum atomic E-state index is 13.7. The lowest BCUT2D eigenvalue weighted by molar-refractivity contribution is -0.163. The number of benzene rings is 1. The summed E-state index contributed by atoms with van der Waals surface area (Å²) in [6.07, 6.45) is 3.58. The molecule has 35 heavy (non-hydrogen) atoms. The third kappa shape index (κ3) is 5.03. The minimum absolute atomic E-state index is 0.131. The highest BCUT2D eigenvalue weighted by Crippen LogP contribution is 2.52. The molecule has 3 atom stereocenters. The van der Waals surface area contributed by atoms with E-state index in [9.17, 15) is 17.6 Å². The van der Waals surface area contributed by atoms with Gasteiger partial charge in [0.25, 0.3) is 0 Å². The minimum Gasteiger partial charge on any atom is -0.454 e. The quantitative estimate of drug-likeness (QED) is 0.553. The van der Waals surface area contributed by atoms with Crippen LogP contribution in [0.1, 0.15) is 43.9 Å². The highest BCUT2D eigenvalue weighted by Gasteiger charge is 2.47. The van der Waals surface area contributed by atoms with Crippen molar-refractivity contribution in [2.45, 2.75) is 57.4 Å². The molecule has 0 radical (unpaired) electrons. The minimum atomic E-state index is -4.30. The topological polar surface area (TPSA) is 37.0 Å². The van der Waals surface area contributed by atoms with Gasteiger partial charge in [0, 0.05) is 42.8 Å². The number of nitrogens with zero attached hydrogens (tertiary/aromatic N) is 2. The van der Waals surface area contributed by atoms with Crippen molar-refractivity contribution < 1.29 is 27.0 Å². The van der Waals surface area contributed by atoms with E-state index >= 15 is 0 Å². The van der Waals surface area contributed by atoms with E-state index in [-0.39, 0.29) is 19.5 Å². The van der Waals surface area contributed by atoms with Crippen molar-refractivity contribution >= 4 is 0 Å². The first-order chi connectivity index (χ1) is 16.6. The first-order valence-electron chi connectivity index (χ1n) is 12.3. The summed E-state index contributed by atoms with van der Waals surface area (Å²) in [5.74, 6) is 1.26. The van der Waals surface area contributed by atoms with E-state index in [1.165, 1.54) is 0 Å². The Balaban J connectivity index is 1.37. The predicted molar refractivity (Wildman–Crippen MR) is 125 cm³/mol. The number of alkyl halides is 4. The number of rotatable bonds is 7. The second kappa shape index (κ2) is 9.32. The van der Waals surface area contributed by atoms with Gasteiger partial charge in [-0.2, -0.15) is 13.2 Å². The molecule has 3 heterocycles.